The third-order valence-electron chi connectivity index (χ3n) is 2.66. The van der Waals surface area contributed by atoms with Gasteiger partial charge in [-0.2, -0.15) is 0 Å². The van der Waals surface area contributed by atoms with E-state index >= 15 is 0 Å². The first-order valence-corrected chi connectivity index (χ1v) is 6.96. The lowest BCUT2D eigenvalue weighted by Crippen LogP contribution is -2.21. The van der Waals surface area contributed by atoms with E-state index < -0.39 is 5.97 Å². The van der Waals surface area contributed by atoms with Crippen LogP contribution in [0.25, 0.3) is 0 Å². The van der Waals surface area contributed by atoms with E-state index in [4.69, 9.17) is 5.11 Å². The number of benzene rings is 2. The van der Waals surface area contributed by atoms with Crippen molar-refractivity contribution in [2.24, 2.45) is 0 Å². The Morgan fingerprint density at radius 3 is 2.43 bits per heavy atom. The first-order chi connectivity index (χ1) is 10.0. The average molecular weight is 349 g/mol. The van der Waals surface area contributed by atoms with Crippen LogP contribution in [-0.4, -0.2) is 23.5 Å². The maximum absolute atomic E-state index is 11.8. The van der Waals surface area contributed by atoms with Gasteiger partial charge in [-0.25, -0.2) is 4.79 Å². The quantitative estimate of drug-likeness (QED) is 0.775. The maximum atomic E-state index is 11.8. The normalized spacial score (nSPS) is 9.95. The molecular weight excluding hydrogens is 336 g/mol. The molecule has 0 fully saturated rings. The van der Waals surface area contributed by atoms with E-state index in [1.165, 1.54) is 12.1 Å². The number of carboxylic acid groups (broad SMARTS) is 1. The van der Waals surface area contributed by atoms with E-state index in [2.05, 4.69) is 26.6 Å². The number of anilines is 2. The lowest BCUT2D eigenvalue weighted by molar-refractivity contribution is -0.114. The van der Waals surface area contributed by atoms with Gasteiger partial charge in [0, 0.05) is 15.8 Å². The highest BCUT2D eigenvalue weighted by atomic mass is 79.9. The van der Waals surface area contributed by atoms with E-state index in [9.17, 15) is 9.59 Å². The highest BCUT2D eigenvalue weighted by molar-refractivity contribution is 9.10. The Balaban J connectivity index is 1.98. The van der Waals surface area contributed by atoms with Crippen LogP contribution < -0.4 is 10.6 Å². The van der Waals surface area contributed by atoms with Gasteiger partial charge in [0.25, 0.3) is 0 Å². The van der Waals surface area contributed by atoms with Crippen LogP contribution >= 0.6 is 15.9 Å². The van der Waals surface area contributed by atoms with Gasteiger partial charge in [0.05, 0.1) is 12.1 Å². The van der Waals surface area contributed by atoms with Crippen molar-refractivity contribution in [2.75, 3.05) is 17.2 Å². The fraction of sp³-hybridized carbons (Fsp3) is 0.0667. The van der Waals surface area contributed by atoms with Gasteiger partial charge in [0.15, 0.2) is 0 Å². The Bertz CT molecular complexity index is 659. The lowest BCUT2D eigenvalue weighted by Gasteiger charge is -2.09. The zero-order valence-electron chi connectivity index (χ0n) is 11.0. The predicted octanol–water partition coefficient (Wildman–Crippen LogP) is 3.20. The Hall–Kier alpha value is -2.34. The summed E-state index contributed by atoms with van der Waals surface area (Å²) < 4.78 is 0.591. The minimum atomic E-state index is -1.05. The zero-order chi connectivity index (χ0) is 15.2. The summed E-state index contributed by atoms with van der Waals surface area (Å²) in [7, 11) is 0. The molecule has 2 rings (SSSR count). The Kier molecular flexibility index (Phi) is 4.94. The van der Waals surface area contributed by atoms with Crippen molar-refractivity contribution >= 4 is 39.2 Å². The fourth-order valence-electron chi connectivity index (χ4n) is 1.73. The molecule has 3 N–H and O–H groups in total. The molecule has 0 bridgehead atoms. The second-order valence-electron chi connectivity index (χ2n) is 4.30. The molecule has 5 nitrogen and oxygen atoms in total. The Morgan fingerprint density at radius 2 is 1.76 bits per heavy atom. The van der Waals surface area contributed by atoms with Crippen LogP contribution in [0.5, 0.6) is 0 Å². The summed E-state index contributed by atoms with van der Waals surface area (Å²) in [5.41, 5.74) is 1.38. The van der Waals surface area contributed by atoms with Crippen LogP contribution in [0.3, 0.4) is 0 Å². The van der Waals surface area contributed by atoms with Crippen LogP contribution in [0, 0.1) is 0 Å². The van der Waals surface area contributed by atoms with Gasteiger partial charge in [-0.15, -0.1) is 0 Å². The Morgan fingerprint density at radius 1 is 1.05 bits per heavy atom. The number of nitrogens with one attached hydrogen (secondary N) is 2. The highest BCUT2D eigenvalue weighted by Gasteiger charge is 2.08. The van der Waals surface area contributed by atoms with Gasteiger partial charge in [-0.05, 0) is 30.3 Å². The second kappa shape index (κ2) is 6.90. The van der Waals surface area contributed by atoms with E-state index in [0.29, 0.717) is 10.2 Å². The molecule has 0 saturated carbocycles. The third kappa shape index (κ3) is 4.61. The smallest absolute Gasteiger partial charge is 0.335 e. The number of carbonyl (C=O) groups is 2. The topological polar surface area (TPSA) is 78.4 Å². The summed E-state index contributed by atoms with van der Waals surface area (Å²) in [6, 6.07) is 13.9. The molecular formula is C15H13BrN2O3. The maximum Gasteiger partial charge on any atom is 0.335 e. The summed E-state index contributed by atoms with van der Waals surface area (Å²) in [4.78, 5) is 22.8. The molecule has 6 heteroatoms. The number of carboxylic acids is 1. The molecule has 2 aromatic carbocycles. The van der Waals surface area contributed by atoms with Crippen molar-refractivity contribution in [2.45, 2.75) is 0 Å². The number of hydrogen-bond acceptors (Lipinski definition) is 3. The van der Waals surface area contributed by atoms with Gasteiger partial charge in [0.1, 0.15) is 0 Å². The summed E-state index contributed by atoms with van der Waals surface area (Å²) in [6.07, 6.45) is 0. The first-order valence-electron chi connectivity index (χ1n) is 6.17. The molecule has 0 aliphatic rings. The van der Waals surface area contributed by atoms with Crippen molar-refractivity contribution in [3.63, 3.8) is 0 Å². The van der Waals surface area contributed by atoms with Gasteiger partial charge in [-0.3, -0.25) is 4.79 Å². The molecule has 0 aliphatic carbocycles. The molecule has 0 aliphatic heterocycles. The van der Waals surface area contributed by atoms with Crippen molar-refractivity contribution < 1.29 is 14.7 Å². The number of para-hydroxylation sites is 1. The van der Waals surface area contributed by atoms with Gasteiger partial charge >= 0.3 is 5.97 Å². The van der Waals surface area contributed by atoms with Gasteiger partial charge in [0.2, 0.25) is 5.91 Å². The number of hydrogen-bond donors (Lipinski definition) is 3. The monoisotopic (exact) mass is 348 g/mol. The minimum absolute atomic E-state index is 0.0962. The second-order valence-corrected chi connectivity index (χ2v) is 5.22. The average Bonchev–Trinajstić information content (AvgIpc) is 2.45. The molecule has 2 aromatic rings. The molecule has 0 atom stereocenters. The standard InChI is InChI=1S/C15H13BrN2O3/c16-11-6-10(15(20)21)7-13(8-11)18-14(19)9-17-12-4-2-1-3-5-12/h1-8,17H,9H2,(H,18,19)(H,20,21). The molecule has 1 amide bonds. The SMILES string of the molecule is O=C(CNc1ccccc1)Nc1cc(Br)cc(C(=O)O)c1. The van der Waals surface area contributed by atoms with Crippen LogP contribution in [0.15, 0.2) is 53.0 Å². The van der Waals surface area contributed by atoms with Crippen LogP contribution in [-0.2, 0) is 4.79 Å². The number of aromatic carboxylic acids is 1. The zero-order valence-corrected chi connectivity index (χ0v) is 12.6. The van der Waals surface area contributed by atoms with Crippen molar-refractivity contribution in [3.8, 4) is 0 Å². The van der Waals surface area contributed by atoms with Crippen molar-refractivity contribution in [1.82, 2.24) is 0 Å². The number of amides is 1. The van der Waals surface area contributed by atoms with E-state index in [0.717, 1.165) is 5.69 Å². The van der Waals surface area contributed by atoms with Crippen LogP contribution in [0.1, 0.15) is 10.4 Å². The number of halogens is 1. The molecule has 0 saturated heterocycles. The third-order valence-corrected chi connectivity index (χ3v) is 3.11. The summed E-state index contributed by atoms with van der Waals surface area (Å²) >= 11 is 3.22. The van der Waals surface area contributed by atoms with Gasteiger partial charge < -0.3 is 15.7 Å². The lowest BCUT2D eigenvalue weighted by atomic mass is 10.2. The molecule has 0 aromatic heterocycles. The molecule has 0 unspecified atom stereocenters. The summed E-state index contributed by atoms with van der Waals surface area (Å²) in [5, 5.41) is 14.6. The van der Waals surface area contributed by atoms with E-state index in [1.54, 1.807) is 6.07 Å². The van der Waals surface area contributed by atoms with E-state index in [1.807, 2.05) is 30.3 Å². The molecule has 0 radical (unpaired) electrons. The van der Waals surface area contributed by atoms with Crippen LogP contribution in [0.4, 0.5) is 11.4 Å². The number of rotatable bonds is 5. The molecule has 0 heterocycles. The summed E-state index contributed by atoms with van der Waals surface area (Å²) in [6.45, 7) is 0.0962. The van der Waals surface area contributed by atoms with E-state index in [-0.39, 0.29) is 18.0 Å². The fourth-order valence-corrected chi connectivity index (χ4v) is 2.22. The molecule has 21 heavy (non-hydrogen) atoms. The Labute approximate surface area is 130 Å². The predicted molar refractivity (Wildman–Crippen MR) is 84.7 cm³/mol. The van der Waals surface area contributed by atoms with Crippen LogP contribution in [0.2, 0.25) is 0 Å². The number of carbonyl (C=O) groups excluding carboxylic acids is 1. The van der Waals surface area contributed by atoms with Gasteiger partial charge in [-0.1, -0.05) is 34.1 Å². The molecule has 0 spiro atoms. The van der Waals surface area contributed by atoms with Crippen molar-refractivity contribution in [1.29, 1.82) is 0 Å². The first kappa shape index (κ1) is 15.1. The summed E-state index contributed by atoms with van der Waals surface area (Å²) in [5.74, 6) is -1.30. The molecule has 108 valence electrons. The highest BCUT2D eigenvalue weighted by Crippen LogP contribution is 2.19. The van der Waals surface area contributed by atoms with Crippen molar-refractivity contribution in [3.05, 3.63) is 58.6 Å². The largest absolute Gasteiger partial charge is 0.478 e. The minimum Gasteiger partial charge on any atom is -0.478 e.